The van der Waals surface area contributed by atoms with E-state index in [2.05, 4.69) is 30.8 Å². The van der Waals surface area contributed by atoms with Gasteiger partial charge in [-0.25, -0.2) is 0 Å². The van der Waals surface area contributed by atoms with Crippen LogP contribution in [0.3, 0.4) is 0 Å². The van der Waals surface area contributed by atoms with Gasteiger partial charge in [0.05, 0.1) is 11.8 Å². The minimum absolute atomic E-state index is 0.0930. The molecule has 0 atom stereocenters. The van der Waals surface area contributed by atoms with Gasteiger partial charge in [0.25, 0.3) is 5.91 Å². The predicted octanol–water partition coefficient (Wildman–Crippen LogP) is 0.459. The molecule has 24 heavy (non-hydrogen) atoms. The van der Waals surface area contributed by atoms with Gasteiger partial charge in [0.2, 0.25) is 0 Å². The van der Waals surface area contributed by atoms with Crippen molar-refractivity contribution in [2.45, 2.75) is 31.3 Å². The highest BCUT2D eigenvalue weighted by atomic mass is 16.1. The highest BCUT2D eigenvalue weighted by Crippen LogP contribution is 2.36. The molecular formula is C15H18N8O. The van der Waals surface area contributed by atoms with Crippen LogP contribution in [0.25, 0.3) is 0 Å². The Bertz CT molecular complexity index is 814. The summed E-state index contributed by atoms with van der Waals surface area (Å²) < 4.78 is 3.85. The number of aromatic amines is 1. The van der Waals surface area contributed by atoms with Crippen LogP contribution in [0.5, 0.6) is 0 Å². The quantitative estimate of drug-likeness (QED) is 0.708. The molecule has 3 aromatic heterocycles. The van der Waals surface area contributed by atoms with E-state index >= 15 is 0 Å². The zero-order valence-corrected chi connectivity index (χ0v) is 13.3. The average molecular weight is 326 g/mol. The third-order valence-electron chi connectivity index (χ3n) is 4.46. The van der Waals surface area contributed by atoms with Crippen molar-refractivity contribution in [2.24, 2.45) is 7.05 Å². The molecule has 0 unspecified atom stereocenters. The molecule has 9 heteroatoms. The molecule has 1 aliphatic carbocycles. The standard InChI is InChI=1S/C15H18N8O/c1-22-13(9-23-4-2-3-18-23)20-21-14(22)10-5-12(6-10)19-15(24)11-7-16-17-8-11/h2-4,7-8,10,12H,5-6,9H2,1H3,(H,16,17)(H,19,24). The van der Waals surface area contributed by atoms with Gasteiger partial charge in [-0.3, -0.25) is 14.6 Å². The first-order valence-corrected chi connectivity index (χ1v) is 7.86. The second kappa shape index (κ2) is 5.91. The lowest BCUT2D eigenvalue weighted by Crippen LogP contribution is -2.43. The van der Waals surface area contributed by atoms with E-state index in [4.69, 9.17) is 0 Å². The molecule has 4 rings (SSSR count). The van der Waals surface area contributed by atoms with E-state index in [1.807, 2.05) is 28.6 Å². The average Bonchev–Trinajstić information content (AvgIpc) is 3.27. The lowest BCUT2D eigenvalue weighted by molar-refractivity contribution is 0.0907. The number of amides is 1. The van der Waals surface area contributed by atoms with Gasteiger partial charge >= 0.3 is 0 Å². The topological polar surface area (TPSA) is 106 Å². The largest absolute Gasteiger partial charge is 0.349 e. The fraction of sp³-hybridized carbons (Fsp3) is 0.400. The molecule has 0 spiro atoms. The smallest absolute Gasteiger partial charge is 0.254 e. The summed E-state index contributed by atoms with van der Waals surface area (Å²) in [5.74, 6) is 2.07. The number of hydrogen-bond acceptors (Lipinski definition) is 5. The van der Waals surface area contributed by atoms with Crippen LogP contribution in [0, 0.1) is 0 Å². The number of aromatic nitrogens is 7. The first kappa shape index (κ1) is 14.6. The van der Waals surface area contributed by atoms with Crippen molar-refractivity contribution in [1.82, 2.24) is 40.1 Å². The van der Waals surface area contributed by atoms with Crippen LogP contribution in [0.1, 0.15) is 40.8 Å². The minimum Gasteiger partial charge on any atom is -0.349 e. The lowest BCUT2D eigenvalue weighted by atomic mass is 9.79. The number of H-pyrrole nitrogens is 1. The van der Waals surface area contributed by atoms with Gasteiger partial charge in [-0.1, -0.05) is 0 Å². The Hall–Kier alpha value is -2.97. The normalized spacial score (nSPS) is 19.9. The van der Waals surface area contributed by atoms with Crippen molar-refractivity contribution in [3.8, 4) is 0 Å². The molecule has 2 N–H and O–H groups in total. The molecule has 1 aliphatic rings. The van der Waals surface area contributed by atoms with Crippen molar-refractivity contribution in [3.05, 3.63) is 48.1 Å². The molecule has 9 nitrogen and oxygen atoms in total. The fourth-order valence-electron chi connectivity index (χ4n) is 3.00. The maximum atomic E-state index is 12.0. The summed E-state index contributed by atoms with van der Waals surface area (Å²) in [5, 5.41) is 22.2. The Morgan fingerprint density at radius 1 is 1.42 bits per heavy atom. The van der Waals surface area contributed by atoms with E-state index < -0.39 is 0 Å². The second-order valence-corrected chi connectivity index (χ2v) is 6.06. The van der Waals surface area contributed by atoms with Crippen LogP contribution < -0.4 is 5.32 Å². The molecule has 0 aromatic carbocycles. The number of carbonyl (C=O) groups is 1. The zero-order valence-electron chi connectivity index (χ0n) is 13.3. The van der Waals surface area contributed by atoms with Crippen LogP contribution in [-0.4, -0.2) is 46.7 Å². The van der Waals surface area contributed by atoms with E-state index in [1.165, 1.54) is 6.20 Å². The second-order valence-electron chi connectivity index (χ2n) is 6.06. The molecule has 1 saturated carbocycles. The first-order chi connectivity index (χ1) is 11.7. The molecular weight excluding hydrogens is 308 g/mol. The number of hydrogen-bond donors (Lipinski definition) is 2. The Morgan fingerprint density at radius 2 is 2.29 bits per heavy atom. The van der Waals surface area contributed by atoms with Crippen LogP contribution in [0.2, 0.25) is 0 Å². The highest BCUT2D eigenvalue weighted by molar-refractivity contribution is 5.93. The van der Waals surface area contributed by atoms with E-state index in [1.54, 1.807) is 12.4 Å². The summed E-state index contributed by atoms with van der Waals surface area (Å²) >= 11 is 0. The molecule has 0 aliphatic heterocycles. The third-order valence-corrected chi connectivity index (χ3v) is 4.46. The third kappa shape index (κ3) is 2.68. The van der Waals surface area contributed by atoms with Gasteiger partial charge in [0.1, 0.15) is 12.4 Å². The maximum absolute atomic E-state index is 12.0. The summed E-state index contributed by atoms with van der Waals surface area (Å²) in [5.41, 5.74) is 0.554. The summed E-state index contributed by atoms with van der Waals surface area (Å²) in [6.07, 6.45) is 8.51. The Labute approximate surface area is 138 Å². The number of nitrogens with zero attached hydrogens (tertiary/aromatic N) is 6. The molecule has 1 amide bonds. The zero-order chi connectivity index (χ0) is 16.5. The number of rotatable bonds is 5. The first-order valence-electron chi connectivity index (χ1n) is 7.86. The van der Waals surface area contributed by atoms with Gasteiger partial charge in [-0.05, 0) is 18.9 Å². The molecule has 0 saturated heterocycles. The Kier molecular flexibility index (Phi) is 3.60. The summed E-state index contributed by atoms with van der Waals surface area (Å²) in [6.45, 7) is 0.601. The lowest BCUT2D eigenvalue weighted by Gasteiger charge is -2.34. The van der Waals surface area contributed by atoms with Crippen molar-refractivity contribution in [1.29, 1.82) is 0 Å². The maximum Gasteiger partial charge on any atom is 0.254 e. The summed E-state index contributed by atoms with van der Waals surface area (Å²) in [4.78, 5) is 12.0. The SMILES string of the molecule is Cn1c(Cn2cccn2)nnc1C1CC(NC(=O)c2cn[nH]c2)C1. The molecule has 0 radical (unpaired) electrons. The van der Waals surface area contributed by atoms with E-state index in [0.717, 1.165) is 24.5 Å². The van der Waals surface area contributed by atoms with E-state index in [-0.39, 0.29) is 11.9 Å². The molecule has 1 fully saturated rings. The van der Waals surface area contributed by atoms with Crippen molar-refractivity contribution < 1.29 is 4.79 Å². The molecule has 3 aromatic rings. The van der Waals surface area contributed by atoms with Gasteiger partial charge in [-0.2, -0.15) is 10.2 Å². The van der Waals surface area contributed by atoms with Crippen LogP contribution in [-0.2, 0) is 13.6 Å². The number of nitrogens with one attached hydrogen (secondary N) is 2. The number of carbonyl (C=O) groups excluding carboxylic acids is 1. The monoisotopic (exact) mass is 326 g/mol. The highest BCUT2D eigenvalue weighted by Gasteiger charge is 2.35. The van der Waals surface area contributed by atoms with E-state index in [9.17, 15) is 4.79 Å². The predicted molar refractivity (Wildman–Crippen MR) is 84.1 cm³/mol. The van der Waals surface area contributed by atoms with Gasteiger partial charge in [0, 0.05) is 37.6 Å². The van der Waals surface area contributed by atoms with Crippen molar-refractivity contribution >= 4 is 5.91 Å². The van der Waals surface area contributed by atoms with Crippen molar-refractivity contribution in [2.75, 3.05) is 0 Å². The minimum atomic E-state index is -0.0930. The van der Waals surface area contributed by atoms with Gasteiger partial charge < -0.3 is 9.88 Å². The van der Waals surface area contributed by atoms with E-state index in [0.29, 0.717) is 18.0 Å². The molecule has 0 bridgehead atoms. The van der Waals surface area contributed by atoms with Gasteiger partial charge in [0.15, 0.2) is 5.82 Å². The summed E-state index contributed by atoms with van der Waals surface area (Å²) in [6, 6.07) is 2.06. The Balaban J connectivity index is 1.35. The summed E-state index contributed by atoms with van der Waals surface area (Å²) in [7, 11) is 1.98. The van der Waals surface area contributed by atoms with Gasteiger partial charge in [-0.15, -0.1) is 10.2 Å². The fourth-order valence-corrected chi connectivity index (χ4v) is 3.00. The molecule has 3 heterocycles. The van der Waals surface area contributed by atoms with Crippen LogP contribution >= 0.6 is 0 Å². The van der Waals surface area contributed by atoms with Crippen LogP contribution in [0.4, 0.5) is 0 Å². The van der Waals surface area contributed by atoms with Crippen molar-refractivity contribution in [3.63, 3.8) is 0 Å². The Morgan fingerprint density at radius 3 is 3.00 bits per heavy atom. The molecule has 124 valence electrons. The van der Waals surface area contributed by atoms with Crippen LogP contribution in [0.15, 0.2) is 30.9 Å².